The first-order chi connectivity index (χ1) is 9.34. The van der Waals surface area contributed by atoms with E-state index in [0.29, 0.717) is 16.3 Å². The molecule has 1 atom stereocenters. The number of carbonyl (C=O) groups is 1. The minimum Gasteiger partial charge on any atom is -0.310 e. The lowest BCUT2D eigenvalue weighted by molar-refractivity contribution is -0.436. The van der Waals surface area contributed by atoms with Gasteiger partial charge in [0.25, 0.3) is 5.70 Å². The van der Waals surface area contributed by atoms with E-state index in [1.807, 2.05) is 0 Å². The van der Waals surface area contributed by atoms with Gasteiger partial charge < -0.3 is 4.90 Å². The predicted molar refractivity (Wildman–Crippen MR) is 74.8 cm³/mol. The Morgan fingerprint density at radius 2 is 1.80 bits per heavy atom. The van der Waals surface area contributed by atoms with Crippen LogP contribution in [0, 0.1) is 10.1 Å². The van der Waals surface area contributed by atoms with Gasteiger partial charge in [0.1, 0.15) is 0 Å². The number of carbonyl (C=O) groups excluding carboxylic acids is 1. The topological polar surface area (TPSA) is 66.7 Å². The second-order valence-electron chi connectivity index (χ2n) is 4.63. The molecular formula is C13H14ClN3O3. The Morgan fingerprint density at radius 3 is 2.30 bits per heavy atom. The summed E-state index contributed by atoms with van der Waals surface area (Å²) in [4.78, 5) is 25.7. The average Bonchev–Trinajstić information content (AvgIpc) is 2.41. The van der Waals surface area contributed by atoms with Crippen molar-refractivity contribution in [2.45, 2.75) is 13.0 Å². The molecule has 0 N–H and O–H groups in total. The predicted octanol–water partition coefficient (Wildman–Crippen LogP) is 2.89. The summed E-state index contributed by atoms with van der Waals surface area (Å²) in [7, 11) is 3.07. The number of halogens is 1. The number of amides is 2. The molecule has 0 spiro atoms. The zero-order valence-electron chi connectivity index (χ0n) is 11.3. The van der Waals surface area contributed by atoms with Crippen LogP contribution in [0.1, 0.15) is 18.5 Å². The maximum atomic E-state index is 12.1. The number of likely N-dealkylation sites (N-methyl/N-ethyl adjacent to an activating group) is 1. The van der Waals surface area contributed by atoms with Crippen LogP contribution < -0.4 is 0 Å². The number of hydrogen-bond acceptors (Lipinski definition) is 3. The summed E-state index contributed by atoms with van der Waals surface area (Å²) in [5.74, 6) is 0. The standard InChI is InChI=1S/C13H14ClN3O3/c1-8-11(17(19)20)12(16(3)13(18)15(8)2)9-4-6-10(14)7-5-9/h4-7,12H,1-3H3/t12-/m0/s1. The van der Waals surface area contributed by atoms with Gasteiger partial charge in [-0.2, -0.15) is 0 Å². The van der Waals surface area contributed by atoms with Crippen LogP contribution in [0.15, 0.2) is 35.7 Å². The van der Waals surface area contributed by atoms with Crippen molar-refractivity contribution in [2.75, 3.05) is 14.1 Å². The first-order valence-corrected chi connectivity index (χ1v) is 6.33. The molecule has 0 bridgehead atoms. The van der Waals surface area contributed by atoms with Crippen LogP contribution in [0.5, 0.6) is 0 Å². The summed E-state index contributed by atoms with van der Waals surface area (Å²) in [5, 5.41) is 11.9. The maximum absolute atomic E-state index is 12.1. The van der Waals surface area contributed by atoms with Gasteiger partial charge in [0.2, 0.25) is 0 Å². The Kier molecular flexibility index (Phi) is 3.67. The van der Waals surface area contributed by atoms with Gasteiger partial charge in [-0.1, -0.05) is 23.7 Å². The van der Waals surface area contributed by atoms with Crippen molar-refractivity contribution in [2.24, 2.45) is 0 Å². The summed E-state index contributed by atoms with van der Waals surface area (Å²) >= 11 is 5.83. The van der Waals surface area contributed by atoms with Crippen LogP contribution >= 0.6 is 11.6 Å². The summed E-state index contributed by atoms with van der Waals surface area (Å²) < 4.78 is 0. The molecule has 1 aliphatic heterocycles. The molecule has 1 aromatic rings. The van der Waals surface area contributed by atoms with Crippen molar-refractivity contribution in [3.05, 3.63) is 56.4 Å². The number of benzene rings is 1. The molecule has 1 aliphatic rings. The number of nitro groups is 1. The normalized spacial score (nSPS) is 19.6. The van der Waals surface area contributed by atoms with Crippen molar-refractivity contribution in [1.82, 2.24) is 9.80 Å². The first kappa shape index (κ1) is 14.3. The molecule has 20 heavy (non-hydrogen) atoms. The van der Waals surface area contributed by atoms with Crippen LogP contribution in [0.4, 0.5) is 4.79 Å². The highest BCUT2D eigenvalue weighted by Gasteiger charge is 2.42. The Hall–Kier alpha value is -2.08. The number of nitrogens with zero attached hydrogens (tertiary/aromatic N) is 3. The fourth-order valence-electron chi connectivity index (χ4n) is 2.30. The molecule has 0 radical (unpaired) electrons. The van der Waals surface area contributed by atoms with Gasteiger partial charge in [-0.15, -0.1) is 0 Å². The first-order valence-electron chi connectivity index (χ1n) is 5.95. The fourth-order valence-corrected chi connectivity index (χ4v) is 2.43. The number of rotatable bonds is 2. The molecule has 0 aliphatic carbocycles. The molecule has 7 heteroatoms. The zero-order chi connectivity index (χ0) is 15.0. The average molecular weight is 296 g/mol. The minimum absolute atomic E-state index is 0.00285. The third-order valence-electron chi connectivity index (χ3n) is 3.49. The molecule has 1 aromatic carbocycles. The molecular weight excluding hydrogens is 282 g/mol. The van der Waals surface area contributed by atoms with Gasteiger partial charge >= 0.3 is 6.03 Å². The Balaban J connectivity index is 2.60. The molecule has 0 aromatic heterocycles. The molecule has 6 nitrogen and oxygen atoms in total. The van der Waals surface area contributed by atoms with E-state index < -0.39 is 11.0 Å². The lowest BCUT2D eigenvalue weighted by atomic mass is 9.99. The van der Waals surface area contributed by atoms with Crippen LogP contribution in [-0.4, -0.2) is 34.8 Å². The van der Waals surface area contributed by atoms with E-state index in [9.17, 15) is 14.9 Å². The van der Waals surface area contributed by atoms with Crippen molar-refractivity contribution in [3.63, 3.8) is 0 Å². The largest absolute Gasteiger partial charge is 0.324 e. The van der Waals surface area contributed by atoms with E-state index in [4.69, 9.17) is 11.6 Å². The second kappa shape index (κ2) is 5.13. The van der Waals surface area contributed by atoms with E-state index in [-0.39, 0.29) is 11.7 Å². The number of urea groups is 1. The Labute approximate surface area is 121 Å². The van der Waals surface area contributed by atoms with E-state index >= 15 is 0 Å². The lowest BCUT2D eigenvalue weighted by Crippen LogP contribution is -2.47. The molecule has 2 amide bonds. The second-order valence-corrected chi connectivity index (χ2v) is 5.07. The van der Waals surface area contributed by atoms with Gasteiger partial charge in [-0.25, -0.2) is 4.79 Å². The fraction of sp³-hybridized carbons (Fsp3) is 0.308. The van der Waals surface area contributed by atoms with E-state index in [0.717, 1.165) is 0 Å². The molecule has 0 saturated carbocycles. The SMILES string of the molecule is CC1=C([N+](=O)[O-])[C@H](c2ccc(Cl)cc2)N(C)C(=O)N1C. The van der Waals surface area contributed by atoms with E-state index in [1.165, 1.54) is 16.8 Å². The van der Waals surface area contributed by atoms with Crippen molar-refractivity contribution in [3.8, 4) is 0 Å². The highest BCUT2D eigenvalue weighted by Crippen LogP contribution is 2.35. The van der Waals surface area contributed by atoms with Crippen LogP contribution in [0.3, 0.4) is 0 Å². The monoisotopic (exact) mass is 295 g/mol. The third kappa shape index (κ3) is 2.22. The van der Waals surface area contributed by atoms with Crippen molar-refractivity contribution in [1.29, 1.82) is 0 Å². The smallest absolute Gasteiger partial charge is 0.310 e. The minimum atomic E-state index is -0.717. The quantitative estimate of drug-likeness (QED) is 0.622. The van der Waals surface area contributed by atoms with E-state index in [2.05, 4.69) is 0 Å². The Bertz CT molecular complexity index is 597. The third-order valence-corrected chi connectivity index (χ3v) is 3.74. The molecule has 0 fully saturated rings. The van der Waals surface area contributed by atoms with Gasteiger partial charge in [0, 0.05) is 19.1 Å². The summed E-state index contributed by atoms with van der Waals surface area (Å²) in [6, 6.07) is 5.69. The van der Waals surface area contributed by atoms with Crippen molar-refractivity contribution >= 4 is 17.6 Å². The molecule has 2 rings (SSSR count). The van der Waals surface area contributed by atoms with Crippen LogP contribution in [-0.2, 0) is 0 Å². The van der Waals surface area contributed by atoms with Gasteiger partial charge in [-0.3, -0.25) is 15.0 Å². The maximum Gasteiger partial charge on any atom is 0.324 e. The van der Waals surface area contributed by atoms with Crippen LogP contribution in [0.2, 0.25) is 5.02 Å². The van der Waals surface area contributed by atoms with E-state index in [1.54, 1.807) is 38.2 Å². The summed E-state index contributed by atoms with van der Waals surface area (Å²) in [6.45, 7) is 1.58. The molecule has 0 saturated heterocycles. The summed E-state index contributed by atoms with van der Waals surface area (Å²) in [6.07, 6.45) is 0. The van der Waals surface area contributed by atoms with Crippen LogP contribution in [0.25, 0.3) is 0 Å². The number of hydrogen-bond donors (Lipinski definition) is 0. The van der Waals surface area contributed by atoms with Crippen molar-refractivity contribution < 1.29 is 9.72 Å². The lowest BCUT2D eigenvalue weighted by Gasteiger charge is -2.36. The Morgan fingerprint density at radius 1 is 1.25 bits per heavy atom. The zero-order valence-corrected chi connectivity index (χ0v) is 12.1. The van der Waals surface area contributed by atoms with Gasteiger partial charge in [-0.05, 0) is 24.6 Å². The van der Waals surface area contributed by atoms with Gasteiger partial charge in [0.05, 0.1) is 10.6 Å². The molecule has 1 heterocycles. The number of allylic oxidation sites excluding steroid dienone is 1. The summed E-state index contributed by atoms with van der Waals surface area (Å²) in [5.41, 5.74) is 0.999. The molecule has 106 valence electrons. The van der Waals surface area contributed by atoms with Gasteiger partial charge in [0.15, 0.2) is 6.04 Å². The highest BCUT2D eigenvalue weighted by molar-refractivity contribution is 6.30. The highest BCUT2D eigenvalue weighted by atomic mass is 35.5. The molecule has 0 unspecified atom stereocenters.